The number of imidazole rings is 1. The molecule has 38 heavy (non-hydrogen) atoms. The summed E-state index contributed by atoms with van der Waals surface area (Å²) < 4.78 is 5.22. The van der Waals surface area contributed by atoms with Gasteiger partial charge in [-0.05, 0) is 31.0 Å². The first-order chi connectivity index (χ1) is 18.5. The highest BCUT2D eigenvalue weighted by Gasteiger charge is 2.25. The molecule has 0 unspecified atom stereocenters. The Bertz CT molecular complexity index is 1870. The normalized spacial score (nSPS) is 11.8. The molecule has 1 aromatic carbocycles. The number of fused-ring (bicyclic) bond motifs is 2. The topological polar surface area (TPSA) is 120 Å². The van der Waals surface area contributed by atoms with Gasteiger partial charge in [-0.25, -0.2) is 14.5 Å². The summed E-state index contributed by atoms with van der Waals surface area (Å²) in [6.45, 7) is 1.89. The number of amides is 1. The third-order valence-corrected chi connectivity index (χ3v) is 6.16. The lowest BCUT2D eigenvalue weighted by atomic mass is 10.1. The van der Waals surface area contributed by atoms with E-state index < -0.39 is 6.04 Å². The van der Waals surface area contributed by atoms with Crippen molar-refractivity contribution in [2.75, 3.05) is 5.73 Å². The number of pyridine rings is 1. The maximum atomic E-state index is 13.4. The lowest BCUT2D eigenvalue weighted by Crippen LogP contribution is -2.28. The molecule has 1 atom stereocenters. The van der Waals surface area contributed by atoms with Crippen LogP contribution in [0, 0.1) is 11.8 Å². The van der Waals surface area contributed by atoms with Crippen molar-refractivity contribution < 1.29 is 4.79 Å². The molecule has 0 aliphatic carbocycles. The molecule has 0 aliphatic heterocycles. The molecule has 5 heterocycles. The smallest absolute Gasteiger partial charge is 0.259 e. The van der Waals surface area contributed by atoms with Gasteiger partial charge in [-0.3, -0.25) is 13.9 Å². The third kappa shape index (κ3) is 4.02. The van der Waals surface area contributed by atoms with E-state index in [9.17, 15) is 4.79 Å². The van der Waals surface area contributed by atoms with E-state index in [0.717, 1.165) is 28.2 Å². The minimum Gasteiger partial charge on any atom is -0.381 e. The number of nitrogens with two attached hydrogens (primary N) is 1. The number of aryl methyl sites for hydroxylation is 1. The van der Waals surface area contributed by atoms with Crippen LogP contribution in [0.1, 0.15) is 40.3 Å². The summed E-state index contributed by atoms with van der Waals surface area (Å²) in [5, 5.41) is 11.4. The molecule has 0 bridgehead atoms. The first kappa shape index (κ1) is 23.0. The average molecular weight is 502 g/mol. The molecule has 3 N–H and O–H groups in total. The summed E-state index contributed by atoms with van der Waals surface area (Å²) in [6.07, 6.45) is 6.88. The molecule has 10 nitrogen and oxygen atoms in total. The Morgan fingerprint density at radius 1 is 1.08 bits per heavy atom. The molecule has 6 aromatic rings. The number of hydrogen-bond donors (Lipinski definition) is 2. The van der Waals surface area contributed by atoms with Crippen molar-refractivity contribution in [2.24, 2.45) is 7.05 Å². The van der Waals surface area contributed by atoms with Crippen molar-refractivity contribution in [3.8, 4) is 23.1 Å². The zero-order valence-electron chi connectivity index (χ0n) is 20.7. The SMILES string of the molecule is C[C@H](NC(=O)c1c(N)nn2cccnc12)c1nc2cccc(C#Cc3cnn(C)c3)n2c1-c1ccccc1. The summed E-state index contributed by atoms with van der Waals surface area (Å²) in [7, 11) is 1.86. The maximum Gasteiger partial charge on any atom is 0.259 e. The van der Waals surface area contributed by atoms with Crippen LogP contribution in [0.5, 0.6) is 0 Å². The predicted molar refractivity (Wildman–Crippen MR) is 143 cm³/mol. The second-order valence-electron chi connectivity index (χ2n) is 8.81. The van der Waals surface area contributed by atoms with Crippen molar-refractivity contribution >= 4 is 23.0 Å². The van der Waals surface area contributed by atoms with E-state index >= 15 is 0 Å². The third-order valence-electron chi connectivity index (χ3n) is 6.16. The molecule has 1 amide bonds. The van der Waals surface area contributed by atoms with Crippen LogP contribution in [0.2, 0.25) is 0 Å². The molecule has 0 radical (unpaired) electrons. The Morgan fingerprint density at radius 2 is 1.92 bits per heavy atom. The van der Waals surface area contributed by atoms with Crippen molar-refractivity contribution in [3.63, 3.8) is 0 Å². The van der Waals surface area contributed by atoms with E-state index in [-0.39, 0.29) is 17.3 Å². The maximum absolute atomic E-state index is 13.4. The zero-order valence-corrected chi connectivity index (χ0v) is 20.7. The van der Waals surface area contributed by atoms with Gasteiger partial charge in [0.15, 0.2) is 11.5 Å². The Kier molecular flexibility index (Phi) is 5.58. The van der Waals surface area contributed by atoms with E-state index in [1.54, 1.807) is 29.3 Å². The highest BCUT2D eigenvalue weighted by atomic mass is 16.1. The first-order valence-electron chi connectivity index (χ1n) is 12.0. The summed E-state index contributed by atoms with van der Waals surface area (Å²) in [4.78, 5) is 22.6. The van der Waals surface area contributed by atoms with Crippen LogP contribution in [0.3, 0.4) is 0 Å². The van der Waals surface area contributed by atoms with Crippen LogP contribution in [-0.2, 0) is 7.05 Å². The highest BCUT2D eigenvalue weighted by Crippen LogP contribution is 2.31. The molecule has 0 fully saturated rings. The zero-order chi connectivity index (χ0) is 26.2. The minimum absolute atomic E-state index is 0.111. The van der Waals surface area contributed by atoms with Crippen molar-refractivity contribution in [1.82, 2.24) is 39.1 Å². The predicted octanol–water partition coefficient (Wildman–Crippen LogP) is 3.25. The number of hydrogen-bond acceptors (Lipinski definition) is 6. The van der Waals surface area contributed by atoms with Gasteiger partial charge in [-0.1, -0.05) is 42.3 Å². The van der Waals surface area contributed by atoms with E-state index in [2.05, 4.69) is 32.3 Å². The van der Waals surface area contributed by atoms with Crippen LogP contribution in [0.15, 0.2) is 79.4 Å². The molecule has 6 rings (SSSR count). The summed E-state index contributed by atoms with van der Waals surface area (Å²) >= 11 is 0. The molecule has 10 heteroatoms. The minimum atomic E-state index is -0.463. The van der Waals surface area contributed by atoms with Crippen molar-refractivity contribution in [3.05, 3.63) is 102 Å². The van der Waals surface area contributed by atoms with Gasteiger partial charge in [0.05, 0.1) is 34.9 Å². The lowest BCUT2D eigenvalue weighted by molar-refractivity contribution is 0.0941. The molecule has 0 saturated carbocycles. The van der Waals surface area contributed by atoms with E-state index in [1.807, 2.05) is 73.1 Å². The molecular weight excluding hydrogens is 478 g/mol. The molecule has 0 aliphatic rings. The second-order valence-corrected chi connectivity index (χ2v) is 8.81. The molecule has 0 saturated heterocycles. The highest BCUT2D eigenvalue weighted by molar-refractivity contribution is 6.04. The first-order valence-corrected chi connectivity index (χ1v) is 12.0. The second kappa shape index (κ2) is 9.22. The van der Waals surface area contributed by atoms with Crippen LogP contribution < -0.4 is 11.1 Å². The number of carbonyl (C=O) groups excluding carboxylic acids is 1. The number of nitrogens with zero attached hydrogens (tertiary/aromatic N) is 7. The number of nitrogen functional groups attached to an aromatic ring is 1. The summed E-state index contributed by atoms with van der Waals surface area (Å²) in [5.41, 5.74) is 11.5. The Morgan fingerprint density at radius 3 is 2.71 bits per heavy atom. The number of carbonyl (C=O) groups is 1. The quantitative estimate of drug-likeness (QED) is 0.358. The summed E-state index contributed by atoms with van der Waals surface area (Å²) in [6, 6.07) is 17.0. The van der Waals surface area contributed by atoms with Gasteiger partial charge in [0, 0.05) is 31.2 Å². The summed E-state index contributed by atoms with van der Waals surface area (Å²) in [5.74, 6) is 6.18. The van der Waals surface area contributed by atoms with Crippen molar-refractivity contribution in [2.45, 2.75) is 13.0 Å². The standard InChI is InChI=1S/C28H23N9O/c1-18(32-28(38)23-26(29)34-36-15-7-14-30-27(23)36)24-25(20-8-4-3-5-9-20)37-21(10-6-11-22(37)33-24)13-12-19-16-31-35(2)17-19/h3-11,14-18H,1-2H3,(H2,29,34)(H,32,38)/t18-/m0/s1. The molecule has 186 valence electrons. The Hall–Kier alpha value is -5.43. The average Bonchev–Trinajstić information content (AvgIpc) is 3.62. The Balaban J connectivity index is 1.45. The fourth-order valence-electron chi connectivity index (χ4n) is 4.46. The number of nitrogens with one attached hydrogen (secondary N) is 1. The molecule has 0 spiro atoms. The van der Waals surface area contributed by atoms with Gasteiger partial charge in [0.2, 0.25) is 0 Å². The number of rotatable bonds is 4. The molecule has 5 aromatic heterocycles. The van der Waals surface area contributed by atoms with E-state index in [0.29, 0.717) is 11.3 Å². The van der Waals surface area contributed by atoms with Gasteiger partial charge in [-0.2, -0.15) is 5.10 Å². The van der Waals surface area contributed by atoms with Gasteiger partial charge < -0.3 is 11.1 Å². The van der Waals surface area contributed by atoms with Crippen LogP contribution >= 0.6 is 0 Å². The van der Waals surface area contributed by atoms with Gasteiger partial charge >= 0.3 is 0 Å². The van der Waals surface area contributed by atoms with Gasteiger partial charge in [-0.15, -0.1) is 5.10 Å². The van der Waals surface area contributed by atoms with E-state index in [4.69, 9.17) is 10.7 Å². The number of anilines is 1. The number of benzene rings is 1. The van der Waals surface area contributed by atoms with Gasteiger partial charge in [0.1, 0.15) is 11.2 Å². The monoisotopic (exact) mass is 501 g/mol. The van der Waals surface area contributed by atoms with Gasteiger partial charge in [0.25, 0.3) is 5.91 Å². The molecular formula is C28H23N9O. The van der Waals surface area contributed by atoms with Crippen LogP contribution in [0.4, 0.5) is 5.82 Å². The Labute approximate surface area is 217 Å². The van der Waals surface area contributed by atoms with Crippen LogP contribution in [0.25, 0.3) is 22.6 Å². The lowest BCUT2D eigenvalue weighted by Gasteiger charge is -2.14. The number of aromatic nitrogens is 7. The van der Waals surface area contributed by atoms with E-state index in [1.165, 1.54) is 4.52 Å². The van der Waals surface area contributed by atoms with Crippen molar-refractivity contribution in [1.29, 1.82) is 0 Å². The largest absolute Gasteiger partial charge is 0.381 e. The van der Waals surface area contributed by atoms with Crippen LogP contribution in [-0.4, -0.2) is 39.7 Å². The fraction of sp³-hybridized carbons (Fsp3) is 0.107. The fourth-order valence-corrected chi connectivity index (χ4v) is 4.46.